The van der Waals surface area contributed by atoms with Crippen LogP contribution in [0.1, 0.15) is 27.7 Å². The van der Waals surface area contributed by atoms with Crippen molar-refractivity contribution < 1.29 is 4.79 Å². The van der Waals surface area contributed by atoms with Gasteiger partial charge < -0.3 is 16.0 Å². The molecule has 15 heavy (non-hydrogen) atoms. The van der Waals surface area contributed by atoms with Crippen molar-refractivity contribution in [1.82, 2.24) is 16.0 Å². The Bertz CT molecular complexity index is 219. The molecule has 0 fully saturated rings. The Labute approximate surface area is 97.2 Å². The molecule has 5 heteroatoms. The highest BCUT2D eigenvalue weighted by atomic mass is 32.1. The van der Waals surface area contributed by atoms with Crippen molar-refractivity contribution in [2.45, 2.75) is 33.7 Å². The molecular weight excluding hydrogens is 210 g/mol. The zero-order valence-corrected chi connectivity index (χ0v) is 10.7. The molecule has 0 rings (SSSR count). The quantitative estimate of drug-likeness (QED) is 0.608. The van der Waals surface area contributed by atoms with Crippen LogP contribution in [0.25, 0.3) is 0 Å². The molecule has 0 aliphatic carbocycles. The molecule has 4 nitrogen and oxygen atoms in total. The van der Waals surface area contributed by atoms with Crippen LogP contribution < -0.4 is 16.0 Å². The topological polar surface area (TPSA) is 53.2 Å². The zero-order valence-electron chi connectivity index (χ0n) is 9.89. The van der Waals surface area contributed by atoms with Crippen molar-refractivity contribution in [2.24, 2.45) is 5.92 Å². The van der Waals surface area contributed by atoms with Gasteiger partial charge in [-0.25, -0.2) is 0 Å². The van der Waals surface area contributed by atoms with Crippen LogP contribution in [0.3, 0.4) is 0 Å². The number of carbonyl (C=O) groups excluding carboxylic acids is 1. The molecule has 0 aromatic heterocycles. The fourth-order valence-corrected chi connectivity index (χ4v) is 1.20. The van der Waals surface area contributed by atoms with Gasteiger partial charge in [-0.15, -0.1) is 0 Å². The van der Waals surface area contributed by atoms with E-state index in [2.05, 4.69) is 29.8 Å². The summed E-state index contributed by atoms with van der Waals surface area (Å²) < 4.78 is 0. The lowest BCUT2D eigenvalue weighted by molar-refractivity contribution is -0.122. The second kappa shape index (κ2) is 7.45. The van der Waals surface area contributed by atoms with E-state index in [-0.39, 0.29) is 11.9 Å². The monoisotopic (exact) mass is 231 g/mol. The normalized spacial score (nSPS) is 12.1. The highest BCUT2D eigenvalue weighted by molar-refractivity contribution is 7.80. The average Bonchev–Trinajstić information content (AvgIpc) is 2.15. The van der Waals surface area contributed by atoms with Gasteiger partial charge in [-0.1, -0.05) is 13.8 Å². The maximum Gasteiger partial charge on any atom is 0.242 e. The molecule has 0 aliphatic rings. The van der Waals surface area contributed by atoms with Crippen LogP contribution in [0.4, 0.5) is 0 Å². The van der Waals surface area contributed by atoms with Gasteiger partial charge in [0.1, 0.15) is 6.04 Å². The molecule has 0 radical (unpaired) electrons. The molecule has 0 saturated heterocycles. The lowest BCUT2D eigenvalue weighted by atomic mass is 10.2. The maximum atomic E-state index is 11.4. The van der Waals surface area contributed by atoms with Gasteiger partial charge in [0.05, 0.1) is 0 Å². The van der Waals surface area contributed by atoms with Crippen molar-refractivity contribution >= 4 is 23.2 Å². The molecule has 1 amide bonds. The molecule has 88 valence electrons. The van der Waals surface area contributed by atoms with E-state index in [0.29, 0.717) is 17.6 Å². The first kappa shape index (κ1) is 14.2. The van der Waals surface area contributed by atoms with Crippen LogP contribution in [0, 0.1) is 5.92 Å². The summed E-state index contributed by atoms with van der Waals surface area (Å²) >= 11 is 5.05. The van der Waals surface area contributed by atoms with E-state index in [1.54, 1.807) is 6.92 Å². The fourth-order valence-electron chi connectivity index (χ4n) is 0.937. The first-order valence-electron chi connectivity index (χ1n) is 5.29. The SMILES string of the molecule is CCNC(=O)C(C)NC(=S)NCC(C)C. The molecule has 0 aromatic carbocycles. The van der Waals surface area contributed by atoms with E-state index in [0.717, 1.165) is 6.54 Å². The lowest BCUT2D eigenvalue weighted by Crippen LogP contribution is -2.48. The third kappa shape index (κ3) is 7.13. The summed E-state index contributed by atoms with van der Waals surface area (Å²) in [5.41, 5.74) is 0. The first-order valence-corrected chi connectivity index (χ1v) is 5.70. The summed E-state index contributed by atoms with van der Waals surface area (Å²) in [7, 11) is 0. The first-order chi connectivity index (χ1) is 6.97. The highest BCUT2D eigenvalue weighted by Crippen LogP contribution is 1.88. The van der Waals surface area contributed by atoms with Crippen molar-refractivity contribution in [2.75, 3.05) is 13.1 Å². The number of rotatable bonds is 5. The van der Waals surface area contributed by atoms with Crippen LogP contribution in [-0.4, -0.2) is 30.2 Å². The summed E-state index contributed by atoms with van der Waals surface area (Å²) in [5, 5.41) is 9.24. The Hall–Kier alpha value is -0.840. The van der Waals surface area contributed by atoms with Gasteiger partial charge in [-0.05, 0) is 32.0 Å². The van der Waals surface area contributed by atoms with E-state index in [1.807, 2.05) is 6.92 Å². The van der Waals surface area contributed by atoms with E-state index in [9.17, 15) is 4.79 Å². The van der Waals surface area contributed by atoms with E-state index in [1.165, 1.54) is 0 Å². The predicted molar refractivity (Wildman–Crippen MR) is 66.7 cm³/mol. The standard InChI is InChI=1S/C10H21N3OS/c1-5-11-9(14)8(4)13-10(15)12-6-7(2)3/h7-8H,5-6H2,1-4H3,(H,11,14)(H2,12,13,15). The van der Waals surface area contributed by atoms with Gasteiger partial charge in [0.2, 0.25) is 5.91 Å². The van der Waals surface area contributed by atoms with Crippen molar-refractivity contribution in [3.8, 4) is 0 Å². The second-order valence-corrected chi connectivity index (χ2v) is 4.27. The van der Waals surface area contributed by atoms with E-state index >= 15 is 0 Å². The van der Waals surface area contributed by atoms with Crippen LogP contribution in [0.5, 0.6) is 0 Å². The summed E-state index contributed by atoms with van der Waals surface area (Å²) in [6.07, 6.45) is 0. The largest absolute Gasteiger partial charge is 0.362 e. The molecule has 0 spiro atoms. The minimum Gasteiger partial charge on any atom is -0.362 e. The Balaban J connectivity index is 3.80. The molecule has 0 bridgehead atoms. The Kier molecular flexibility index (Phi) is 7.03. The maximum absolute atomic E-state index is 11.4. The molecule has 0 saturated carbocycles. The summed E-state index contributed by atoms with van der Waals surface area (Å²) in [4.78, 5) is 11.4. The van der Waals surface area contributed by atoms with Crippen molar-refractivity contribution in [3.63, 3.8) is 0 Å². The highest BCUT2D eigenvalue weighted by Gasteiger charge is 2.12. The zero-order chi connectivity index (χ0) is 11.8. The Morgan fingerprint density at radius 2 is 1.87 bits per heavy atom. The van der Waals surface area contributed by atoms with Crippen LogP contribution in [-0.2, 0) is 4.79 Å². The van der Waals surface area contributed by atoms with E-state index in [4.69, 9.17) is 12.2 Å². The predicted octanol–water partition coefficient (Wildman–Crippen LogP) is 0.631. The second-order valence-electron chi connectivity index (χ2n) is 3.86. The minimum absolute atomic E-state index is 0.0359. The number of nitrogens with one attached hydrogen (secondary N) is 3. The Morgan fingerprint density at radius 3 is 2.33 bits per heavy atom. The van der Waals surface area contributed by atoms with Crippen molar-refractivity contribution in [3.05, 3.63) is 0 Å². The van der Waals surface area contributed by atoms with Crippen LogP contribution in [0.15, 0.2) is 0 Å². The molecule has 0 heterocycles. The number of carbonyl (C=O) groups is 1. The number of thiocarbonyl (C=S) groups is 1. The van der Waals surface area contributed by atoms with Gasteiger partial charge >= 0.3 is 0 Å². The summed E-state index contributed by atoms with van der Waals surface area (Å²) in [6.45, 7) is 9.32. The number of amides is 1. The summed E-state index contributed by atoms with van der Waals surface area (Å²) in [6, 6.07) is -0.294. The van der Waals surface area contributed by atoms with Gasteiger partial charge in [0.15, 0.2) is 5.11 Å². The third-order valence-electron chi connectivity index (χ3n) is 1.76. The molecule has 0 aliphatic heterocycles. The van der Waals surface area contributed by atoms with Crippen LogP contribution >= 0.6 is 12.2 Å². The molecule has 1 unspecified atom stereocenters. The Morgan fingerprint density at radius 1 is 1.27 bits per heavy atom. The van der Waals surface area contributed by atoms with Gasteiger partial charge in [-0.2, -0.15) is 0 Å². The van der Waals surface area contributed by atoms with Gasteiger partial charge in [-0.3, -0.25) is 4.79 Å². The smallest absolute Gasteiger partial charge is 0.242 e. The number of likely N-dealkylation sites (N-methyl/N-ethyl adjacent to an activating group) is 1. The minimum atomic E-state index is -0.294. The number of hydrogen-bond acceptors (Lipinski definition) is 2. The third-order valence-corrected chi connectivity index (χ3v) is 2.02. The lowest BCUT2D eigenvalue weighted by Gasteiger charge is -2.17. The molecular formula is C10H21N3OS. The van der Waals surface area contributed by atoms with Gasteiger partial charge in [0, 0.05) is 13.1 Å². The average molecular weight is 231 g/mol. The summed E-state index contributed by atoms with van der Waals surface area (Å²) in [5.74, 6) is 0.496. The fraction of sp³-hybridized carbons (Fsp3) is 0.800. The molecule has 1 atom stereocenters. The molecule has 3 N–H and O–H groups in total. The molecule has 0 aromatic rings. The van der Waals surface area contributed by atoms with Crippen molar-refractivity contribution in [1.29, 1.82) is 0 Å². The number of hydrogen-bond donors (Lipinski definition) is 3. The van der Waals surface area contributed by atoms with E-state index < -0.39 is 0 Å². The van der Waals surface area contributed by atoms with Crippen LogP contribution in [0.2, 0.25) is 0 Å². The van der Waals surface area contributed by atoms with Gasteiger partial charge in [0.25, 0.3) is 0 Å².